The smallest absolute Gasteiger partial charge is 0.416 e. The second-order valence-corrected chi connectivity index (χ2v) is 10.3. The van der Waals surface area contributed by atoms with E-state index in [1.54, 1.807) is 47.9 Å². The minimum Gasteiger partial charge on any atom is -0.467 e. The fourth-order valence-corrected chi connectivity index (χ4v) is 4.34. The van der Waals surface area contributed by atoms with Crippen molar-refractivity contribution in [3.63, 3.8) is 0 Å². The number of anilines is 1. The van der Waals surface area contributed by atoms with Gasteiger partial charge in [-0.05, 0) is 70.7 Å². The Bertz CT molecular complexity index is 1220. The Kier molecular flexibility index (Phi) is 8.90. The summed E-state index contributed by atoms with van der Waals surface area (Å²) in [4.78, 5) is 44.3. The van der Waals surface area contributed by atoms with Gasteiger partial charge in [0.25, 0.3) is 0 Å². The first-order valence-electron chi connectivity index (χ1n) is 12.9. The largest absolute Gasteiger partial charge is 0.467 e. The molecule has 0 bridgehead atoms. The molecule has 1 saturated carbocycles. The van der Waals surface area contributed by atoms with Gasteiger partial charge in [0.1, 0.15) is 18.0 Å². The number of hydrogen-bond donors (Lipinski definition) is 1. The summed E-state index contributed by atoms with van der Waals surface area (Å²) in [5, 5.41) is 2.94. The molecule has 0 radical (unpaired) electrons. The van der Waals surface area contributed by atoms with E-state index in [2.05, 4.69) is 25.3 Å². The van der Waals surface area contributed by atoms with Gasteiger partial charge in [-0.2, -0.15) is 0 Å². The van der Waals surface area contributed by atoms with Gasteiger partial charge in [-0.25, -0.2) is 24.5 Å². The fourth-order valence-electron chi connectivity index (χ4n) is 4.34. The quantitative estimate of drug-likeness (QED) is 0.449. The van der Waals surface area contributed by atoms with E-state index < -0.39 is 17.8 Å². The van der Waals surface area contributed by atoms with Gasteiger partial charge >= 0.3 is 18.2 Å². The Labute approximate surface area is 228 Å². The summed E-state index contributed by atoms with van der Waals surface area (Å²) >= 11 is 0. The van der Waals surface area contributed by atoms with Crippen molar-refractivity contribution in [2.75, 3.05) is 12.0 Å². The molecule has 3 aromatic heterocycles. The van der Waals surface area contributed by atoms with Crippen molar-refractivity contribution >= 4 is 18.0 Å². The van der Waals surface area contributed by atoms with Crippen LogP contribution in [0.15, 0.2) is 55.1 Å². The van der Waals surface area contributed by atoms with Crippen LogP contribution < -0.4 is 15.0 Å². The Balaban J connectivity index is 1.47. The van der Waals surface area contributed by atoms with Crippen LogP contribution in [0.3, 0.4) is 0 Å². The van der Waals surface area contributed by atoms with E-state index in [-0.39, 0.29) is 24.7 Å². The lowest BCUT2D eigenvalue weighted by Crippen LogP contribution is -2.47. The van der Waals surface area contributed by atoms with Crippen LogP contribution in [0.25, 0.3) is 11.1 Å². The molecule has 0 spiro atoms. The molecule has 0 unspecified atom stereocenters. The van der Waals surface area contributed by atoms with E-state index in [9.17, 15) is 9.59 Å². The van der Waals surface area contributed by atoms with Gasteiger partial charge in [0.2, 0.25) is 0 Å². The maximum atomic E-state index is 13.4. The number of ether oxygens (including phenoxy) is 3. The number of alkyl carbamates (subject to hydrolysis) is 1. The van der Waals surface area contributed by atoms with Crippen LogP contribution >= 0.6 is 0 Å². The molecule has 4 rings (SSSR count). The van der Waals surface area contributed by atoms with Crippen molar-refractivity contribution in [1.29, 1.82) is 0 Å². The molecule has 0 saturated heterocycles. The van der Waals surface area contributed by atoms with Crippen LogP contribution in [-0.2, 0) is 16.1 Å². The molecule has 11 heteroatoms. The summed E-state index contributed by atoms with van der Waals surface area (Å²) in [7, 11) is 1.51. The summed E-state index contributed by atoms with van der Waals surface area (Å²) in [6.07, 6.45) is 8.40. The average molecular weight is 535 g/mol. The number of nitrogens with one attached hydrogen (secondary N) is 1. The molecule has 3 aromatic rings. The number of aromatic nitrogens is 4. The number of nitrogens with zero attached hydrogens (tertiary/aromatic N) is 5. The van der Waals surface area contributed by atoms with Crippen LogP contribution in [0.2, 0.25) is 0 Å². The lowest BCUT2D eigenvalue weighted by atomic mass is 9.90. The zero-order valence-corrected chi connectivity index (χ0v) is 22.7. The molecule has 0 aromatic carbocycles. The average Bonchev–Trinajstić information content (AvgIpc) is 2.93. The molecule has 0 atom stereocenters. The first kappa shape index (κ1) is 27.7. The molecule has 1 fully saturated rings. The first-order chi connectivity index (χ1) is 18.7. The SMILES string of the molecule is COc1ncc(-c2ccc(N(C(=O)OCc3ccccn3)C3CCC(NC(=O)OC(C)(C)C)CC3)nc2)cn1. The van der Waals surface area contributed by atoms with Crippen molar-refractivity contribution < 1.29 is 23.8 Å². The third-order valence-electron chi connectivity index (χ3n) is 6.19. The zero-order valence-electron chi connectivity index (χ0n) is 22.7. The van der Waals surface area contributed by atoms with Gasteiger partial charge in [-0.3, -0.25) is 9.88 Å². The van der Waals surface area contributed by atoms with E-state index >= 15 is 0 Å². The molecule has 2 amide bonds. The van der Waals surface area contributed by atoms with Gasteiger partial charge in [0, 0.05) is 48.0 Å². The van der Waals surface area contributed by atoms with Crippen LogP contribution in [-0.4, -0.2) is 56.9 Å². The Morgan fingerprint density at radius 1 is 0.949 bits per heavy atom. The molecular formula is C28H34N6O5. The normalized spacial score (nSPS) is 17.1. The van der Waals surface area contributed by atoms with E-state index in [0.29, 0.717) is 37.2 Å². The topological polar surface area (TPSA) is 129 Å². The summed E-state index contributed by atoms with van der Waals surface area (Å²) in [6.45, 7) is 5.54. The Morgan fingerprint density at radius 3 is 2.26 bits per heavy atom. The number of pyridine rings is 2. The maximum Gasteiger partial charge on any atom is 0.416 e. The highest BCUT2D eigenvalue weighted by molar-refractivity contribution is 5.87. The van der Waals surface area contributed by atoms with Crippen molar-refractivity contribution in [3.05, 3.63) is 60.8 Å². The lowest BCUT2D eigenvalue weighted by molar-refractivity contribution is 0.0490. The fraction of sp³-hybridized carbons (Fsp3) is 0.429. The Hall–Kier alpha value is -4.28. The number of carbonyl (C=O) groups excluding carboxylic acids is 2. The molecule has 206 valence electrons. The molecule has 1 aliphatic rings. The molecule has 1 N–H and O–H groups in total. The third kappa shape index (κ3) is 7.86. The molecule has 0 aliphatic heterocycles. The van der Waals surface area contributed by atoms with Gasteiger partial charge in [-0.1, -0.05) is 6.07 Å². The predicted molar refractivity (Wildman–Crippen MR) is 144 cm³/mol. The molecule has 1 aliphatic carbocycles. The minimum atomic E-state index is -0.564. The zero-order chi connectivity index (χ0) is 27.8. The van der Waals surface area contributed by atoms with Crippen molar-refractivity contribution in [2.24, 2.45) is 0 Å². The van der Waals surface area contributed by atoms with Crippen LogP contribution in [0.4, 0.5) is 15.4 Å². The monoisotopic (exact) mass is 534 g/mol. The van der Waals surface area contributed by atoms with Crippen LogP contribution in [0.1, 0.15) is 52.1 Å². The molecule has 11 nitrogen and oxygen atoms in total. The maximum absolute atomic E-state index is 13.4. The standard InChI is InChI=1S/C28H34N6O5/c1-28(2,3)39-26(35)33-21-9-11-23(12-10-21)34(27(36)38-18-22-7-5-6-14-29-22)24-13-8-19(15-30-24)20-16-31-25(37-4)32-17-20/h5-8,13-17,21,23H,9-12,18H2,1-4H3,(H,33,35). The van der Waals surface area contributed by atoms with E-state index in [0.717, 1.165) is 11.1 Å². The number of carbonyl (C=O) groups is 2. The third-order valence-corrected chi connectivity index (χ3v) is 6.19. The second-order valence-electron chi connectivity index (χ2n) is 10.3. The van der Waals surface area contributed by atoms with Crippen molar-refractivity contribution in [1.82, 2.24) is 25.3 Å². The van der Waals surface area contributed by atoms with Gasteiger partial charge < -0.3 is 19.5 Å². The highest BCUT2D eigenvalue weighted by Gasteiger charge is 2.33. The lowest BCUT2D eigenvalue weighted by Gasteiger charge is -2.36. The molecule has 39 heavy (non-hydrogen) atoms. The molecule has 3 heterocycles. The first-order valence-corrected chi connectivity index (χ1v) is 12.9. The highest BCUT2D eigenvalue weighted by Crippen LogP contribution is 2.29. The molecular weight excluding hydrogens is 500 g/mol. The summed E-state index contributed by atoms with van der Waals surface area (Å²) < 4.78 is 16.1. The van der Waals surface area contributed by atoms with Gasteiger partial charge in [0.15, 0.2) is 0 Å². The van der Waals surface area contributed by atoms with Crippen molar-refractivity contribution in [2.45, 2.75) is 70.7 Å². The van der Waals surface area contributed by atoms with Gasteiger partial charge in [0.05, 0.1) is 12.8 Å². The van der Waals surface area contributed by atoms with Crippen LogP contribution in [0.5, 0.6) is 6.01 Å². The highest BCUT2D eigenvalue weighted by atomic mass is 16.6. The number of rotatable bonds is 7. The number of methoxy groups -OCH3 is 1. The van der Waals surface area contributed by atoms with Crippen molar-refractivity contribution in [3.8, 4) is 17.1 Å². The minimum absolute atomic E-state index is 0.0344. The predicted octanol–water partition coefficient (Wildman–Crippen LogP) is 4.92. The van der Waals surface area contributed by atoms with Crippen LogP contribution in [0, 0.1) is 0 Å². The van der Waals surface area contributed by atoms with E-state index in [1.807, 2.05) is 32.9 Å². The summed E-state index contributed by atoms with van der Waals surface area (Å²) in [6, 6.07) is 9.19. The van der Waals surface area contributed by atoms with E-state index in [4.69, 9.17) is 14.2 Å². The van der Waals surface area contributed by atoms with E-state index in [1.165, 1.54) is 7.11 Å². The summed E-state index contributed by atoms with van der Waals surface area (Å²) in [5.41, 5.74) is 1.66. The number of hydrogen-bond acceptors (Lipinski definition) is 9. The second kappa shape index (κ2) is 12.5. The van der Waals surface area contributed by atoms with Gasteiger partial charge in [-0.15, -0.1) is 0 Å². The Morgan fingerprint density at radius 2 is 1.67 bits per heavy atom. The number of amides is 2. The summed E-state index contributed by atoms with van der Waals surface area (Å²) in [5.74, 6) is 0.475.